The van der Waals surface area contributed by atoms with Crippen molar-refractivity contribution in [2.75, 3.05) is 12.8 Å². The molecule has 0 saturated carbocycles. The molecule has 1 aromatic carbocycles. The maximum atomic E-state index is 13.5. The number of benzene rings is 1. The molecule has 0 fully saturated rings. The van der Waals surface area contributed by atoms with E-state index in [1.54, 1.807) is 36.2 Å². The lowest BCUT2D eigenvalue weighted by molar-refractivity contribution is 0.181. The van der Waals surface area contributed by atoms with Crippen molar-refractivity contribution in [2.45, 2.75) is 13.2 Å². The maximum absolute atomic E-state index is 13.5. The molecule has 2 N–H and O–H groups in total. The van der Waals surface area contributed by atoms with Gasteiger partial charge in [0.2, 0.25) is 5.95 Å². The molecule has 0 aliphatic carbocycles. The third-order valence-corrected chi connectivity index (χ3v) is 4.15. The normalized spacial score (nSPS) is 11.0. The Labute approximate surface area is 166 Å². The van der Waals surface area contributed by atoms with Gasteiger partial charge in [0.1, 0.15) is 11.5 Å². The van der Waals surface area contributed by atoms with E-state index < -0.39 is 0 Å². The van der Waals surface area contributed by atoms with E-state index in [0.717, 1.165) is 11.4 Å². The van der Waals surface area contributed by atoms with Crippen LogP contribution in [0.2, 0.25) is 0 Å². The molecule has 3 aromatic heterocycles. The van der Waals surface area contributed by atoms with E-state index in [2.05, 4.69) is 25.3 Å². The van der Waals surface area contributed by atoms with Gasteiger partial charge in [-0.2, -0.15) is 0 Å². The van der Waals surface area contributed by atoms with Crippen LogP contribution in [-0.2, 0) is 17.9 Å². The Morgan fingerprint density at radius 1 is 0.966 bits per heavy atom. The van der Waals surface area contributed by atoms with Crippen molar-refractivity contribution in [1.82, 2.24) is 29.9 Å². The summed E-state index contributed by atoms with van der Waals surface area (Å²) in [5.74, 6) is -0.277. The summed E-state index contributed by atoms with van der Waals surface area (Å²) in [7, 11) is 1.63. The fourth-order valence-electron chi connectivity index (χ4n) is 2.90. The number of nitrogens with zero attached hydrogens (tertiary/aromatic N) is 6. The van der Waals surface area contributed by atoms with E-state index in [0.29, 0.717) is 35.8 Å². The van der Waals surface area contributed by atoms with Crippen molar-refractivity contribution < 1.29 is 9.13 Å². The molecule has 9 heteroatoms. The van der Waals surface area contributed by atoms with E-state index in [1.807, 2.05) is 18.2 Å². The summed E-state index contributed by atoms with van der Waals surface area (Å²) in [6.07, 6.45) is 1.75. The van der Waals surface area contributed by atoms with Crippen LogP contribution in [0.15, 0.2) is 54.7 Å². The Morgan fingerprint density at radius 3 is 2.59 bits per heavy atom. The van der Waals surface area contributed by atoms with Crippen LogP contribution in [0.25, 0.3) is 22.6 Å². The second kappa shape index (κ2) is 8.11. The first-order valence-corrected chi connectivity index (χ1v) is 8.85. The highest BCUT2D eigenvalue weighted by Gasteiger charge is 2.11. The largest absolute Gasteiger partial charge is 0.378 e. The molecule has 0 atom stereocenters. The van der Waals surface area contributed by atoms with Gasteiger partial charge in [0.05, 0.1) is 42.1 Å². The molecule has 0 aliphatic heterocycles. The van der Waals surface area contributed by atoms with E-state index in [4.69, 9.17) is 10.5 Å². The molecule has 29 heavy (non-hydrogen) atoms. The number of anilines is 1. The summed E-state index contributed by atoms with van der Waals surface area (Å²) in [5.41, 5.74) is 9.68. The van der Waals surface area contributed by atoms with E-state index in [-0.39, 0.29) is 11.8 Å². The Balaban J connectivity index is 1.60. The van der Waals surface area contributed by atoms with Gasteiger partial charge in [-0.1, -0.05) is 23.4 Å². The van der Waals surface area contributed by atoms with Crippen LogP contribution in [-0.4, -0.2) is 37.1 Å². The van der Waals surface area contributed by atoms with E-state index in [1.165, 1.54) is 12.1 Å². The lowest BCUT2D eigenvalue weighted by Gasteiger charge is -2.05. The molecular formula is C20H18FN7O. The standard InChI is InChI=1S/C20H18FN7O/c1-29-12-16-7-3-6-15(23-16)10-28-11-19(26-27-28)18-9-17(24-20(22)25-18)13-4-2-5-14(21)8-13/h2-9,11H,10,12H2,1H3,(H2,22,24,25). The average molecular weight is 391 g/mol. The third-order valence-electron chi connectivity index (χ3n) is 4.15. The summed E-state index contributed by atoms with van der Waals surface area (Å²) in [6, 6.07) is 13.6. The van der Waals surface area contributed by atoms with E-state index in [9.17, 15) is 4.39 Å². The maximum Gasteiger partial charge on any atom is 0.221 e. The van der Waals surface area contributed by atoms with Crippen molar-refractivity contribution in [3.05, 3.63) is 71.9 Å². The van der Waals surface area contributed by atoms with Gasteiger partial charge in [-0.05, 0) is 30.3 Å². The van der Waals surface area contributed by atoms with Crippen molar-refractivity contribution in [3.8, 4) is 22.6 Å². The Kier molecular flexibility index (Phi) is 5.21. The summed E-state index contributed by atoms with van der Waals surface area (Å²) in [5, 5.41) is 8.32. The number of aromatic nitrogens is 6. The smallest absolute Gasteiger partial charge is 0.221 e. The molecule has 0 aliphatic rings. The molecule has 3 heterocycles. The number of rotatable bonds is 6. The van der Waals surface area contributed by atoms with Gasteiger partial charge in [-0.15, -0.1) is 5.10 Å². The van der Waals surface area contributed by atoms with Gasteiger partial charge in [0, 0.05) is 12.7 Å². The number of halogens is 1. The zero-order chi connectivity index (χ0) is 20.2. The highest BCUT2D eigenvalue weighted by molar-refractivity contribution is 5.67. The van der Waals surface area contributed by atoms with Crippen LogP contribution in [0.5, 0.6) is 0 Å². The number of pyridine rings is 1. The fraction of sp³-hybridized carbons (Fsp3) is 0.150. The van der Waals surface area contributed by atoms with Crippen molar-refractivity contribution >= 4 is 5.95 Å². The molecule has 0 saturated heterocycles. The first kappa shape index (κ1) is 18.6. The van der Waals surface area contributed by atoms with Gasteiger partial charge in [-0.3, -0.25) is 4.98 Å². The van der Waals surface area contributed by atoms with E-state index >= 15 is 0 Å². The molecule has 8 nitrogen and oxygen atoms in total. The van der Waals surface area contributed by atoms with Gasteiger partial charge in [0.25, 0.3) is 0 Å². The first-order valence-electron chi connectivity index (χ1n) is 8.85. The highest BCUT2D eigenvalue weighted by atomic mass is 19.1. The Bertz CT molecular complexity index is 1150. The minimum Gasteiger partial charge on any atom is -0.378 e. The molecule has 4 rings (SSSR count). The molecule has 0 unspecified atom stereocenters. The summed E-state index contributed by atoms with van der Waals surface area (Å²) < 4.78 is 20.3. The van der Waals surface area contributed by atoms with Crippen LogP contribution in [0.3, 0.4) is 0 Å². The van der Waals surface area contributed by atoms with Gasteiger partial charge >= 0.3 is 0 Å². The average Bonchev–Trinajstić information content (AvgIpc) is 3.17. The zero-order valence-corrected chi connectivity index (χ0v) is 15.7. The Morgan fingerprint density at radius 2 is 1.76 bits per heavy atom. The number of nitrogens with two attached hydrogens (primary N) is 1. The summed E-state index contributed by atoms with van der Waals surface area (Å²) in [4.78, 5) is 13.0. The zero-order valence-electron chi connectivity index (χ0n) is 15.7. The second-order valence-electron chi connectivity index (χ2n) is 6.36. The molecule has 0 radical (unpaired) electrons. The minimum absolute atomic E-state index is 0.0743. The number of nitrogen functional groups attached to an aromatic ring is 1. The lowest BCUT2D eigenvalue weighted by atomic mass is 10.1. The van der Waals surface area contributed by atoms with Crippen LogP contribution in [0.1, 0.15) is 11.4 Å². The Hall–Kier alpha value is -3.72. The van der Waals surface area contributed by atoms with Crippen molar-refractivity contribution in [2.24, 2.45) is 0 Å². The second-order valence-corrected chi connectivity index (χ2v) is 6.36. The number of hydrogen-bond acceptors (Lipinski definition) is 7. The van der Waals surface area contributed by atoms with Gasteiger partial charge in [-0.25, -0.2) is 19.0 Å². The van der Waals surface area contributed by atoms with Crippen LogP contribution in [0, 0.1) is 5.82 Å². The van der Waals surface area contributed by atoms with Gasteiger partial charge in [0.15, 0.2) is 0 Å². The number of methoxy groups -OCH3 is 1. The SMILES string of the molecule is COCc1cccc(Cn2cc(-c3cc(-c4cccc(F)c4)nc(N)n3)nn2)n1. The minimum atomic E-state index is -0.351. The number of hydrogen-bond donors (Lipinski definition) is 1. The molecule has 0 bridgehead atoms. The lowest BCUT2D eigenvalue weighted by Crippen LogP contribution is -2.04. The summed E-state index contributed by atoms with van der Waals surface area (Å²) in [6.45, 7) is 0.890. The van der Waals surface area contributed by atoms with Gasteiger partial charge < -0.3 is 10.5 Å². The third kappa shape index (κ3) is 4.41. The molecule has 4 aromatic rings. The van der Waals surface area contributed by atoms with Crippen LogP contribution in [0.4, 0.5) is 10.3 Å². The molecule has 0 spiro atoms. The first-order chi connectivity index (χ1) is 14.1. The van der Waals surface area contributed by atoms with Crippen LogP contribution >= 0.6 is 0 Å². The van der Waals surface area contributed by atoms with Crippen molar-refractivity contribution in [3.63, 3.8) is 0 Å². The topological polar surface area (TPSA) is 105 Å². The predicted molar refractivity (Wildman–Crippen MR) is 105 cm³/mol. The quantitative estimate of drug-likeness (QED) is 0.539. The van der Waals surface area contributed by atoms with Crippen molar-refractivity contribution in [1.29, 1.82) is 0 Å². The monoisotopic (exact) mass is 391 g/mol. The van der Waals surface area contributed by atoms with Crippen LogP contribution < -0.4 is 5.73 Å². The predicted octanol–water partition coefficient (Wildman–Crippen LogP) is 2.71. The number of ether oxygens (including phenoxy) is 1. The molecule has 0 amide bonds. The fourth-order valence-corrected chi connectivity index (χ4v) is 2.90. The highest BCUT2D eigenvalue weighted by Crippen LogP contribution is 2.23. The molecular weight excluding hydrogens is 373 g/mol. The summed E-state index contributed by atoms with van der Waals surface area (Å²) >= 11 is 0. The molecule has 146 valence electrons.